The molecule has 0 radical (unpaired) electrons. The van der Waals surface area contributed by atoms with Gasteiger partial charge in [0.2, 0.25) is 0 Å². The molecule has 0 fully saturated rings. The third kappa shape index (κ3) is 0.936. The Morgan fingerprint density at radius 3 is 2.88 bits per heavy atom. The molecule has 1 rings (SSSR count). The second-order valence-corrected chi connectivity index (χ2v) is 2.04. The van der Waals surface area contributed by atoms with Crippen LogP contribution in [0.15, 0.2) is 10.8 Å². The summed E-state index contributed by atoms with van der Waals surface area (Å²) >= 11 is 2.09. The van der Waals surface area contributed by atoms with Crippen molar-refractivity contribution >= 4 is 22.6 Å². The highest BCUT2D eigenvalue weighted by atomic mass is 127. The predicted molar refractivity (Wildman–Crippen MR) is 35.9 cm³/mol. The number of aromatic nitrogens is 1. The molecule has 0 aromatic carbocycles. The molecular formula is C4H4INO2. The van der Waals surface area contributed by atoms with Crippen LogP contribution in [-0.4, -0.2) is 10.3 Å². The highest BCUT2D eigenvalue weighted by Crippen LogP contribution is 2.16. The first kappa shape index (κ1) is 5.87. The minimum Gasteiger partial charge on any atom is -0.503 e. The maximum Gasteiger partial charge on any atom is 0.179 e. The van der Waals surface area contributed by atoms with Gasteiger partial charge in [0.05, 0.1) is 0 Å². The second-order valence-electron chi connectivity index (χ2n) is 1.28. The number of rotatable bonds is 1. The zero-order valence-corrected chi connectivity index (χ0v) is 6.12. The second kappa shape index (κ2) is 2.34. The molecule has 1 aromatic rings. The third-order valence-corrected chi connectivity index (χ3v) is 1.47. The molecule has 0 aliphatic rings. The van der Waals surface area contributed by atoms with Crippen molar-refractivity contribution in [3.63, 3.8) is 0 Å². The van der Waals surface area contributed by atoms with Crippen LogP contribution < -0.4 is 0 Å². The minimum absolute atomic E-state index is 0.138. The topological polar surface area (TPSA) is 46.3 Å². The first-order chi connectivity index (χ1) is 3.84. The largest absolute Gasteiger partial charge is 0.503 e. The zero-order chi connectivity index (χ0) is 5.98. The fourth-order valence-electron chi connectivity index (χ4n) is 0.348. The van der Waals surface area contributed by atoms with Gasteiger partial charge in [-0.05, 0) is 0 Å². The normalized spacial score (nSPS) is 9.62. The summed E-state index contributed by atoms with van der Waals surface area (Å²) in [5.41, 5.74) is 0.602. The molecule has 0 bridgehead atoms. The monoisotopic (exact) mass is 225 g/mol. The van der Waals surface area contributed by atoms with Crippen molar-refractivity contribution in [2.75, 3.05) is 0 Å². The van der Waals surface area contributed by atoms with Crippen LogP contribution in [0, 0.1) is 0 Å². The van der Waals surface area contributed by atoms with Crippen molar-refractivity contribution in [3.05, 3.63) is 12.0 Å². The summed E-state index contributed by atoms with van der Waals surface area (Å²) < 4.78 is 5.11. The number of hydrogen-bond donors (Lipinski definition) is 1. The van der Waals surface area contributed by atoms with Gasteiger partial charge < -0.3 is 9.63 Å². The lowest BCUT2D eigenvalue weighted by molar-refractivity contribution is 0.406. The molecule has 4 heteroatoms. The summed E-state index contributed by atoms with van der Waals surface area (Å²) in [5, 5.41) is 12.3. The van der Waals surface area contributed by atoms with E-state index >= 15 is 0 Å². The Morgan fingerprint density at radius 1 is 1.88 bits per heavy atom. The Hall–Kier alpha value is -0.260. The van der Waals surface area contributed by atoms with Gasteiger partial charge >= 0.3 is 0 Å². The Labute approximate surface area is 59.8 Å². The minimum atomic E-state index is 0.138. The number of nitrogens with zero attached hydrogens (tertiary/aromatic N) is 1. The number of aromatic hydroxyl groups is 1. The van der Waals surface area contributed by atoms with E-state index in [0.717, 1.165) is 0 Å². The summed E-state index contributed by atoms with van der Waals surface area (Å²) in [4.78, 5) is 0. The van der Waals surface area contributed by atoms with E-state index in [1.807, 2.05) is 0 Å². The fraction of sp³-hybridized carbons (Fsp3) is 0.250. The molecule has 1 heterocycles. The van der Waals surface area contributed by atoms with Gasteiger partial charge in [-0.3, -0.25) is 0 Å². The predicted octanol–water partition coefficient (Wildman–Crippen LogP) is 1.32. The van der Waals surface area contributed by atoms with Crippen molar-refractivity contribution in [2.45, 2.75) is 4.43 Å². The third-order valence-electron chi connectivity index (χ3n) is 0.749. The maximum atomic E-state index is 8.79. The molecule has 44 valence electrons. The van der Waals surface area contributed by atoms with Crippen LogP contribution >= 0.6 is 22.6 Å². The average molecular weight is 225 g/mol. The van der Waals surface area contributed by atoms with Crippen LogP contribution in [-0.2, 0) is 4.43 Å². The van der Waals surface area contributed by atoms with Gasteiger partial charge in [0.25, 0.3) is 0 Å². The summed E-state index contributed by atoms with van der Waals surface area (Å²) in [5.74, 6) is 0.138. The van der Waals surface area contributed by atoms with Gasteiger partial charge in [0, 0.05) is 4.43 Å². The Balaban J connectivity index is 2.92. The molecule has 0 saturated heterocycles. The van der Waals surface area contributed by atoms with Crippen molar-refractivity contribution in [1.82, 2.24) is 5.16 Å². The summed E-state index contributed by atoms with van der Waals surface area (Å²) in [6.45, 7) is 0. The average Bonchev–Trinajstić information content (AvgIpc) is 2.14. The van der Waals surface area contributed by atoms with E-state index in [-0.39, 0.29) is 5.75 Å². The molecule has 0 amide bonds. The highest BCUT2D eigenvalue weighted by molar-refractivity contribution is 14.1. The molecule has 1 N–H and O–H groups in total. The molecule has 0 atom stereocenters. The Kier molecular flexibility index (Phi) is 1.72. The number of alkyl halides is 1. The quantitative estimate of drug-likeness (QED) is 0.579. The summed E-state index contributed by atoms with van der Waals surface area (Å²) in [7, 11) is 0. The van der Waals surface area contributed by atoms with E-state index in [0.29, 0.717) is 10.1 Å². The van der Waals surface area contributed by atoms with Gasteiger partial charge in [-0.1, -0.05) is 27.7 Å². The highest BCUT2D eigenvalue weighted by Gasteiger charge is 2.00. The van der Waals surface area contributed by atoms with E-state index in [2.05, 4.69) is 32.3 Å². The molecule has 0 aliphatic carbocycles. The zero-order valence-electron chi connectivity index (χ0n) is 3.97. The number of halogens is 1. The van der Waals surface area contributed by atoms with Crippen LogP contribution in [0.2, 0.25) is 0 Å². The molecule has 0 aliphatic heterocycles. The standard InChI is InChI=1S/C4H4INO2/c5-1-3-4(7)2-8-6-3/h2,7H,1H2. The molecular weight excluding hydrogens is 221 g/mol. The lowest BCUT2D eigenvalue weighted by atomic mass is 10.5. The van der Waals surface area contributed by atoms with Crippen molar-refractivity contribution < 1.29 is 9.63 Å². The van der Waals surface area contributed by atoms with E-state index in [1.165, 1.54) is 6.26 Å². The SMILES string of the molecule is Oc1conc1CI. The van der Waals surface area contributed by atoms with Gasteiger partial charge in [-0.25, -0.2) is 0 Å². The first-order valence-corrected chi connectivity index (χ1v) is 3.55. The van der Waals surface area contributed by atoms with E-state index in [1.54, 1.807) is 0 Å². The van der Waals surface area contributed by atoms with Crippen molar-refractivity contribution in [2.24, 2.45) is 0 Å². The summed E-state index contributed by atoms with van der Waals surface area (Å²) in [6.07, 6.45) is 1.22. The molecule has 0 unspecified atom stereocenters. The van der Waals surface area contributed by atoms with E-state index in [9.17, 15) is 0 Å². The Bertz CT molecular complexity index is 174. The van der Waals surface area contributed by atoms with Crippen LogP contribution in [0.3, 0.4) is 0 Å². The van der Waals surface area contributed by atoms with Crippen molar-refractivity contribution in [1.29, 1.82) is 0 Å². The Morgan fingerprint density at radius 2 is 2.62 bits per heavy atom. The summed E-state index contributed by atoms with van der Waals surface area (Å²) in [6, 6.07) is 0. The van der Waals surface area contributed by atoms with Crippen LogP contribution in [0.25, 0.3) is 0 Å². The first-order valence-electron chi connectivity index (χ1n) is 2.02. The van der Waals surface area contributed by atoms with Gasteiger partial charge in [0.15, 0.2) is 12.0 Å². The van der Waals surface area contributed by atoms with Gasteiger partial charge in [0.1, 0.15) is 5.69 Å². The van der Waals surface area contributed by atoms with E-state index < -0.39 is 0 Å². The molecule has 0 spiro atoms. The van der Waals surface area contributed by atoms with Crippen molar-refractivity contribution in [3.8, 4) is 5.75 Å². The van der Waals surface area contributed by atoms with Crippen LogP contribution in [0.1, 0.15) is 5.69 Å². The van der Waals surface area contributed by atoms with Gasteiger partial charge in [-0.2, -0.15) is 0 Å². The van der Waals surface area contributed by atoms with E-state index in [4.69, 9.17) is 5.11 Å². The lowest BCUT2D eigenvalue weighted by Gasteiger charge is -1.80. The number of hydrogen-bond acceptors (Lipinski definition) is 3. The molecule has 1 aromatic heterocycles. The molecule has 0 saturated carbocycles. The van der Waals surface area contributed by atoms with Crippen LogP contribution in [0.5, 0.6) is 5.75 Å². The lowest BCUT2D eigenvalue weighted by Crippen LogP contribution is -1.72. The molecule has 3 nitrogen and oxygen atoms in total. The van der Waals surface area contributed by atoms with Gasteiger partial charge in [-0.15, -0.1) is 0 Å². The van der Waals surface area contributed by atoms with Crippen LogP contribution in [0.4, 0.5) is 0 Å². The molecule has 8 heavy (non-hydrogen) atoms. The maximum absolute atomic E-state index is 8.79. The fourth-order valence-corrected chi connectivity index (χ4v) is 0.878. The smallest absolute Gasteiger partial charge is 0.179 e.